The highest BCUT2D eigenvalue weighted by molar-refractivity contribution is 7.10. The summed E-state index contributed by atoms with van der Waals surface area (Å²) in [5, 5.41) is 13.0. The highest BCUT2D eigenvalue weighted by Gasteiger charge is 2.36. The van der Waals surface area contributed by atoms with Crippen LogP contribution in [-0.4, -0.2) is 38.2 Å². The molecule has 2 aromatic heterocycles. The van der Waals surface area contributed by atoms with Crippen molar-refractivity contribution in [2.24, 2.45) is 0 Å². The molecule has 6 heteroatoms. The van der Waals surface area contributed by atoms with Crippen molar-refractivity contribution in [2.75, 3.05) is 13.1 Å². The molecule has 25 heavy (non-hydrogen) atoms. The molecule has 1 N–H and O–H groups in total. The van der Waals surface area contributed by atoms with Crippen LogP contribution in [-0.2, 0) is 13.0 Å². The summed E-state index contributed by atoms with van der Waals surface area (Å²) in [5.41, 5.74) is 1.37. The van der Waals surface area contributed by atoms with Gasteiger partial charge in [-0.3, -0.25) is 4.90 Å². The van der Waals surface area contributed by atoms with Gasteiger partial charge in [0.2, 0.25) is 0 Å². The minimum absolute atomic E-state index is 0.241. The van der Waals surface area contributed by atoms with Crippen LogP contribution in [0.4, 0.5) is 4.39 Å². The van der Waals surface area contributed by atoms with E-state index in [1.165, 1.54) is 17.0 Å². The van der Waals surface area contributed by atoms with Crippen LogP contribution >= 0.6 is 11.3 Å². The van der Waals surface area contributed by atoms with E-state index < -0.39 is 5.60 Å². The number of halogens is 1. The predicted molar refractivity (Wildman–Crippen MR) is 96.4 cm³/mol. The molecular weight excluding hydrogens is 337 g/mol. The van der Waals surface area contributed by atoms with E-state index in [4.69, 9.17) is 0 Å². The van der Waals surface area contributed by atoms with E-state index in [0.717, 1.165) is 30.8 Å². The number of nitrogens with zero attached hydrogens (tertiary/aromatic N) is 3. The molecule has 4 rings (SSSR count). The molecule has 1 aliphatic rings. The van der Waals surface area contributed by atoms with Crippen LogP contribution in [0.25, 0.3) is 5.69 Å². The molecular formula is C19H20FN3OS. The standard InChI is InChI=1S/C19H20FN3OS/c20-16-3-1-15(2-4-16)10-19(24)5-7-22(13-19)11-18-9-17(12-25-18)23-8-6-21-14-23/h1-4,6,8-9,12,14,24H,5,7,10-11,13H2. The number of benzene rings is 1. The number of aliphatic hydroxyl groups is 1. The molecule has 3 heterocycles. The summed E-state index contributed by atoms with van der Waals surface area (Å²) in [4.78, 5) is 7.63. The van der Waals surface area contributed by atoms with Gasteiger partial charge in [-0.1, -0.05) is 12.1 Å². The van der Waals surface area contributed by atoms with E-state index in [2.05, 4.69) is 21.3 Å². The lowest BCUT2D eigenvalue weighted by atomic mass is 9.94. The van der Waals surface area contributed by atoms with Gasteiger partial charge >= 0.3 is 0 Å². The number of likely N-dealkylation sites (tertiary alicyclic amines) is 1. The quantitative estimate of drug-likeness (QED) is 0.762. The summed E-state index contributed by atoms with van der Waals surface area (Å²) >= 11 is 1.73. The number of rotatable bonds is 5. The van der Waals surface area contributed by atoms with Crippen molar-refractivity contribution in [3.63, 3.8) is 0 Å². The SMILES string of the molecule is OC1(Cc2ccc(F)cc2)CCN(Cc2cc(-n3ccnc3)cs2)C1. The molecule has 1 atom stereocenters. The first-order valence-corrected chi connectivity index (χ1v) is 9.23. The molecule has 0 amide bonds. The zero-order valence-electron chi connectivity index (χ0n) is 13.8. The van der Waals surface area contributed by atoms with Crippen LogP contribution in [0.15, 0.2) is 54.4 Å². The van der Waals surface area contributed by atoms with E-state index in [1.54, 1.807) is 36.0 Å². The van der Waals surface area contributed by atoms with Gasteiger partial charge in [0.05, 0.1) is 17.6 Å². The lowest BCUT2D eigenvalue weighted by Crippen LogP contribution is -2.35. The van der Waals surface area contributed by atoms with Gasteiger partial charge < -0.3 is 9.67 Å². The van der Waals surface area contributed by atoms with Gasteiger partial charge in [0.15, 0.2) is 0 Å². The average Bonchev–Trinajstić information content (AvgIpc) is 3.31. The van der Waals surface area contributed by atoms with E-state index in [1.807, 2.05) is 10.8 Å². The monoisotopic (exact) mass is 357 g/mol. The fourth-order valence-corrected chi connectivity index (χ4v) is 4.33. The fraction of sp³-hybridized carbons (Fsp3) is 0.316. The fourth-order valence-electron chi connectivity index (χ4n) is 3.42. The largest absolute Gasteiger partial charge is 0.388 e. The minimum atomic E-state index is -0.734. The Morgan fingerprint density at radius 2 is 2.12 bits per heavy atom. The molecule has 1 unspecified atom stereocenters. The predicted octanol–water partition coefficient (Wildman–Crippen LogP) is 3.25. The van der Waals surface area contributed by atoms with Crippen LogP contribution in [0.2, 0.25) is 0 Å². The van der Waals surface area contributed by atoms with E-state index in [0.29, 0.717) is 13.0 Å². The molecule has 0 aliphatic carbocycles. The van der Waals surface area contributed by atoms with Crippen LogP contribution in [0.3, 0.4) is 0 Å². The summed E-state index contributed by atoms with van der Waals surface area (Å²) in [6.45, 7) is 2.35. The third kappa shape index (κ3) is 3.81. The van der Waals surface area contributed by atoms with Gasteiger partial charge in [-0.05, 0) is 30.2 Å². The molecule has 0 saturated carbocycles. The van der Waals surface area contributed by atoms with Crippen molar-refractivity contribution in [1.82, 2.24) is 14.5 Å². The summed E-state index contributed by atoms with van der Waals surface area (Å²) in [5.74, 6) is -0.241. The molecule has 3 aromatic rings. The van der Waals surface area contributed by atoms with Gasteiger partial charge in [-0.2, -0.15) is 0 Å². The number of thiophene rings is 1. The van der Waals surface area contributed by atoms with Gasteiger partial charge in [0.25, 0.3) is 0 Å². The van der Waals surface area contributed by atoms with E-state index in [-0.39, 0.29) is 5.82 Å². The molecule has 4 nitrogen and oxygen atoms in total. The molecule has 0 spiro atoms. The van der Waals surface area contributed by atoms with Gasteiger partial charge in [-0.15, -0.1) is 11.3 Å². The Balaban J connectivity index is 1.38. The first-order chi connectivity index (χ1) is 12.1. The smallest absolute Gasteiger partial charge is 0.123 e. The number of imidazole rings is 1. The lowest BCUT2D eigenvalue weighted by Gasteiger charge is -2.23. The van der Waals surface area contributed by atoms with Gasteiger partial charge in [0.1, 0.15) is 5.82 Å². The molecule has 1 aromatic carbocycles. The molecule has 0 radical (unpaired) electrons. The van der Waals surface area contributed by atoms with E-state index >= 15 is 0 Å². The maximum Gasteiger partial charge on any atom is 0.123 e. The minimum Gasteiger partial charge on any atom is -0.388 e. The second-order valence-electron chi connectivity index (χ2n) is 6.73. The average molecular weight is 357 g/mol. The summed E-state index contributed by atoms with van der Waals surface area (Å²) in [6.07, 6.45) is 6.80. The highest BCUT2D eigenvalue weighted by Crippen LogP contribution is 2.28. The maximum absolute atomic E-state index is 13.0. The van der Waals surface area contributed by atoms with Crippen molar-refractivity contribution >= 4 is 11.3 Å². The van der Waals surface area contributed by atoms with Crippen molar-refractivity contribution in [2.45, 2.75) is 25.0 Å². The van der Waals surface area contributed by atoms with Crippen molar-refractivity contribution < 1.29 is 9.50 Å². The zero-order chi connectivity index (χ0) is 17.3. The first-order valence-electron chi connectivity index (χ1n) is 8.35. The Kier molecular flexibility index (Phi) is 4.41. The number of hydrogen-bond acceptors (Lipinski definition) is 4. The van der Waals surface area contributed by atoms with Crippen molar-refractivity contribution in [1.29, 1.82) is 0 Å². The van der Waals surface area contributed by atoms with Gasteiger partial charge in [-0.25, -0.2) is 9.37 Å². The van der Waals surface area contributed by atoms with Crippen LogP contribution < -0.4 is 0 Å². The molecule has 1 fully saturated rings. The Morgan fingerprint density at radius 3 is 2.88 bits per heavy atom. The van der Waals surface area contributed by atoms with Crippen LogP contribution in [0.5, 0.6) is 0 Å². The third-order valence-electron chi connectivity index (χ3n) is 4.68. The van der Waals surface area contributed by atoms with Crippen LogP contribution in [0, 0.1) is 5.82 Å². The van der Waals surface area contributed by atoms with Crippen molar-refractivity contribution in [3.8, 4) is 5.69 Å². The number of hydrogen-bond donors (Lipinski definition) is 1. The Bertz CT molecular complexity index is 831. The zero-order valence-corrected chi connectivity index (χ0v) is 14.6. The van der Waals surface area contributed by atoms with Gasteiger partial charge in [0, 0.05) is 48.7 Å². The topological polar surface area (TPSA) is 41.3 Å². The number of β-amino-alcohol motifs (C(OH)–C–C–N with tert-alkyl or cyclic N) is 1. The first kappa shape index (κ1) is 16.4. The van der Waals surface area contributed by atoms with Crippen LogP contribution in [0.1, 0.15) is 16.9 Å². The number of aromatic nitrogens is 2. The maximum atomic E-state index is 13.0. The second-order valence-corrected chi connectivity index (χ2v) is 7.73. The Labute approximate surface area is 150 Å². The Hall–Kier alpha value is -2.02. The molecule has 0 bridgehead atoms. The summed E-state index contributed by atoms with van der Waals surface area (Å²) in [7, 11) is 0. The Morgan fingerprint density at radius 1 is 1.28 bits per heavy atom. The molecule has 1 saturated heterocycles. The van der Waals surface area contributed by atoms with Crippen molar-refractivity contribution in [3.05, 3.63) is 70.7 Å². The van der Waals surface area contributed by atoms with E-state index in [9.17, 15) is 9.50 Å². The second kappa shape index (κ2) is 6.71. The summed E-state index contributed by atoms with van der Waals surface area (Å²) in [6, 6.07) is 8.59. The third-order valence-corrected chi connectivity index (χ3v) is 5.59. The molecule has 1 aliphatic heterocycles. The lowest BCUT2D eigenvalue weighted by molar-refractivity contribution is 0.0489. The molecule has 130 valence electrons. The highest BCUT2D eigenvalue weighted by atomic mass is 32.1. The normalized spacial score (nSPS) is 21.0. The summed E-state index contributed by atoms with van der Waals surface area (Å²) < 4.78 is 15.0.